The molecule has 31 heavy (non-hydrogen) atoms. The van der Waals surface area contributed by atoms with Gasteiger partial charge in [-0.1, -0.05) is 0 Å². The van der Waals surface area contributed by atoms with Gasteiger partial charge in [0.2, 0.25) is 0 Å². The van der Waals surface area contributed by atoms with E-state index in [0.717, 1.165) is 39.5 Å². The lowest BCUT2D eigenvalue weighted by Crippen LogP contribution is -2.02. The van der Waals surface area contributed by atoms with Gasteiger partial charge in [0.1, 0.15) is 18.0 Å². The first-order chi connectivity index (χ1) is 15.1. The van der Waals surface area contributed by atoms with E-state index in [4.69, 9.17) is 4.98 Å². The predicted octanol–water partition coefficient (Wildman–Crippen LogP) is 4.27. The molecular weight excluding hydrogens is 395 g/mol. The van der Waals surface area contributed by atoms with Gasteiger partial charge in [-0.25, -0.2) is 19.0 Å². The molecule has 0 bridgehead atoms. The summed E-state index contributed by atoms with van der Waals surface area (Å²) >= 11 is 0. The summed E-state index contributed by atoms with van der Waals surface area (Å²) in [6.07, 6.45) is 5.44. The molecule has 0 amide bonds. The molecule has 0 aliphatic rings. The molecule has 154 valence electrons. The molecule has 0 atom stereocenters. The van der Waals surface area contributed by atoms with Crippen molar-refractivity contribution < 1.29 is 9.50 Å². The maximum absolute atomic E-state index is 13.3. The molecule has 0 spiro atoms. The van der Waals surface area contributed by atoms with Gasteiger partial charge in [-0.3, -0.25) is 0 Å². The molecule has 0 saturated heterocycles. The molecule has 5 aromatic rings. The number of aromatic nitrogens is 5. The highest BCUT2D eigenvalue weighted by atomic mass is 19.1. The Balaban J connectivity index is 1.49. The van der Waals surface area contributed by atoms with E-state index >= 15 is 0 Å². The van der Waals surface area contributed by atoms with E-state index in [1.807, 2.05) is 54.0 Å². The lowest BCUT2D eigenvalue weighted by molar-refractivity contribution is 0.281. The summed E-state index contributed by atoms with van der Waals surface area (Å²) in [4.78, 5) is 8.87. The second kappa shape index (κ2) is 7.66. The molecule has 0 saturated carbocycles. The zero-order chi connectivity index (χ0) is 21.4. The molecule has 3 aromatic heterocycles. The largest absolute Gasteiger partial charge is 0.392 e. The van der Waals surface area contributed by atoms with Crippen LogP contribution in [0.15, 0.2) is 73.3 Å². The van der Waals surface area contributed by atoms with E-state index < -0.39 is 0 Å². The quantitative estimate of drug-likeness (QED) is 0.449. The van der Waals surface area contributed by atoms with Gasteiger partial charge in [-0.05, 0) is 61.5 Å². The number of nitrogens with one attached hydrogen (secondary N) is 1. The summed E-state index contributed by atoms with van der Waals surface area (Å²) in [5.74, 6) is 0.382. The number of imidazole rings is 1. The van der Waals surface area contributed by atoms with Crippen molar-refractivity contribution in [2.45, 2.75) is 13.5 Å². The number of benzene rings is 2. The third-order valence-corrected chi connectivity index (χ3v) is 5.00. The highest BCUT2D eigenvalue weighted by Gasteiger charge is 2.11. The Bertz CT molecular complexity index is 1370. The normalized spacial score (nSPS) is 11.2. The zero-order valence-electron chi connectivity index (χ0n) is 16.7. The van der Waals surface area contributed by atoms with Crippen LogP contribution in [0.1, 0.15) is 11.4 Å². The maximum Gasteiger partial charge on any atom is 0.161 e. The second-order valence-electron chi connectivity index (χ2n) is 7.15. The molecule has 8 heteroatoms. The molecule has 3 heterocycles. The van der Waals surface area contributed by atoms with Crippen molar-refractivity contribution in [3.8, 4) is 16.9 Å². The van der Waals surface area contributed by atoms with Crippen LogP contribution in [-0.4, -0.2) is 29.3 Å². The monoisotopic (exact) mass is 414 g/mol. The smallest absolute Gasteiger partial charge is 0.161 e. The lowest BCUT2D eigenvalue weighted by atomic mass is 10.1. The van der Waals surface area contributed by atoms with Crippen LogP contribution >= 0.6 is 0 Å². The van der Waals surface area contributed by atoms with E-state index in [9.17, 15) is 9.50 Å². The highest BCUT2D eigenvalue weighted by Crippen LogP contribution is 2.27. The van der Waals surface area contributed by atoms with Crippen LogP contribution in [0.25, 0.3) is 22.6 Å². The molecular formula is C23H19FN6O. The molecule has 0 aliphatic heterocycles. The number of fused-ring (bicyclic) bond motifs is 1. The Morgan fingerprint density at radius 3 is 2.68 bits per heavy atom. The number of aliphatic hydroxyl groups is 1. The fourth-order valence-corrected chi connectivity index (χ4v) is 3.50. The van der Waals surface area contributed by atoms with E-state index in [-0.39, 0.29) is 12.4 Å². The van der Waals surface area contributed by atoms with Gasteiger partial charge in [0.05, 0.1) is 23.7 Å². The first-order valence-corrected chi connectivity index (χ1v) is 9.74. The van der Waals surface area contributed by atoms with Crippen LogP contribution in [0.4, 0.5) is 15.8 Å². The minimum Gasteiger partial charge on any atom is -0.392 e. The number of halogens is 1. The predicted molar refractivity (Wildman–Crippen MR) is 116 cm³/mol. The third-order valence-electron chi connectivity index (χ3n) is 5.00. The molecule has 5 rings (SSSR count). The minimum absolute atomic E-state index is 0.133. The number of hydrogen-bond donors (Lipinski definition) is 2. The number of aryl methyl sites for hydroxylation is 1. The van der Waals surface area contributed by atoms with E-state index in [1.165, 1.54) is 12.1 Å². The molecule has 0 radical (unpaired) electrons. The third kappa shape index (κ3) is 3.64. The molecule has 7 nitrogen and oxygen atoms in total. The Hall–Kier alpha value is -4.04. The summed E-state index contributed by atoms with van der Waals surface area (Å²) in [5.41, 5.74) is 5.44. The van der Waals surface area contributed by atoms with E-state index in [2.05, 4.69) is 15.4 Å². The molecule has 0 fully saturated rings. The first kappa shape index (κ1) is 19.0. The van der Waals surface area contributed by atoms with Crippen molar-refractivity contribution in [2.24, 2.45) is 0 Å². The summed E-state index contributed by atoms with van der Waals surface area (Å²) < 4.78 is 16.8. The Labute approximate surface area is 177 Å². The summed E-state index contributed by atoms with van der Waals surface area (Å²) in [7, 11) is 0. The summed E-state index contributed by atoms with van der Waals surface area (Å²) in [5, 5.41) is 17.6. The first-order valence-electron chi connectivity index (χ1n) is 9.74. The molecule has 2 N–H and O–H groups in total. The average Bonchev–Trinajstić information content (AvgIpc) is 3.41. The van der Waals surface area contributed by atoms with Crippen LogP contribution in [-0.2, 0) is 6.61 Å². The van der Waals surface area contributed by atoms with E-state index in [1.54, 1.807) is 23.1 Å². The maximum atomic E-state index is 13.3. The van der Waals surface area contributed by atoms with Crippen molar-refractivity contribution in [1.29, 1.82) is 0 Å². The van der Waals surface area contributed by atoms with Crippen LogP contribution in [0.5, 0.6) is 0 Å². The van der Waals surface area contributed by atoms with Crippen molar-refractivity contribution in [3.05, 3.63) is 90.5 Å². The Morgan fingerprint density at radius 1 is 1.10 bits per heavy atom. The number of rotatable bonds is 5. The highest BCUT2D eigenvalue weighted by molar-refractivity contribution is 5.77. The van der Waals surface area contributed by atoms with Crippen molar-refractivity contribution in [3.63, 3.8) is 0 Å². The standard InChI is InChI=1S/C23H19FN6O/c1-15-25-14-30(28-15)22-9-8-19(11-17(22)13-31)26-20-3-2-10-29-12-21(27-23(20)29)16-4-6-18(24)7-5-16/h2-12,14,26,31H,13H2,1H3. The number of nitrogens with zero attached hydrogens (tertiary/aromatic N) is 5. The fourth-order valence-electron chi connectivity index (χ4n) is 3.50. The fraction of sp³-hybridized carbons (Fsp3) is 0.0870. The SMILES string of the molecule is Cc1ncn(-c2ccc(Nc3cccn4cc(-c5ccc(F)cc5)nc34)cc2CO)n1. The number of aliphatic hydroxyl groups excluding tert-OH is 1. The van der Waals surface area contributed by atoms with Gasteiger partial charge in [0, 0.05) is 29.2 Å². The van der Waals surface area contributed by atoms with E-state index in [0.29, 0.717) is 5.82 Å². The average molecular weight is 414 g/mol. The van der Waals surface area contributed by atoms with Crippen molar-refractivity contribution >= 4 is 17.0 Å². The van der Waals surface area contributed by atoms with Gasteiger partial charge in [-0.2, -0.15) is 5.10 Å². The second-order valence-corrected chi connectivity index (χ2v) is 7.15. The van der Waals surface area contributed by atoms with Crippen LogP contribution in [0.2, 0.25) is 0 Å². The summed E-state index contributed by atoms with van der Waals surface area (Å²) in [6.45, 7) is 1.68. The lowest BCUT2D eigenvalue weighted by Gasteiger charge is -2.12. The van der Waals surface area contributed by atoms with Gasteiger partial charge in [0.15, 0.2) is 5.65 Å². The van der Waals surface area contributed by atoms with Crippen molar-refractivity contribution in [1.82, 2.24) is 24.1 Å². The number of hydrogen-bond acceptors (Lipinski definition) is 5. The van der Waals surface area contributed by atoms with Gasteiger partial charge >= 0.3 is 0 Å². The van der Waals surface area contributed by atoms with Gasteiger partial charge < -0.3 is 14.8 Å². The topological polar surface area (TPSA) is 80.3 Å². The molecule has 0 unspecified atom stereocenters. The molecule has 2 aromatic carbocycles. The van der Waals surface area contributed by atoms with Crippen LogP contribution in [0.3, 0.4) is 0 Å². The van der Waals surface area contributed by atoms with Gasteiger partial charge in [0.25, 0.3) is 0 Å². The minimum atomic E-state index is -0.279. The van der Waals surface area contributed by atoms with Crippen molar-refractivity contribution in [2.75, 3.05) is 5.32 Å². The van der Waals surface area contributed by atoms with Crippen LogP contribution in [0, 0.1) is 12.7 Å². The zero-order valence-corrected chi connectivity index (χ0v) is 16.7. The Morgan fingerprint density at radius 2 is 1.94 bits per heavy atom. The number of anilines is 2. The Kier molecular flexibility index (Phi) is 4.68. The van der Waals surface area contributed by atoms with Crippen LogP contribution < -0.4 is 5.32 Å². The number of pyridine rings is 1. The molecule has 0 aliphatic carbocycles. The van der Waals surface area contributed by atoms with Gasteiger partial charge in [-0.15, -0.1) is 0 Å². The summed E-state index contributed by atoms with van der Waals surface area (Å²) in [6, 6.07) is 15.8.